The van der Waals surface area contributed by atoms with Gasteiger partial charge < -0.3 is 20.0 Å². The maximum atomic E-state index is 13.9. The second kappa shape index (κ2) is 15.1. The molecule has 0 radical (unpaired) electrons. The predicted molar refractivity (Wildman–Crippen MR) is 171 cm³/mol. The predicted octanol–water partition coefficient (Wildman–Crippen LogP) is 6.92. The second-order valence-corrected chi connectivity index (χ2v) is 13.4. The normalized spacial score (nSPS) is 19.5. The Bertz CT molecular complexity index is 1260. The van der Waals surface area contributed by atoms with Crippen molar-refractivity contribution in [2.45, 2.75) is 76.7 Å². The lowest BCUT2D eigenvalue weighted by molar-refractivity contribution is -0.134. The van der Waals surface area contributed by atoms with Crippen molar-refractivity contribution in [3.63, 3.8) is 0 Å². The third-order valence-corrected chi connectivity index (χ3v) is 10.2. The summed E-state index contributed by atoms with van der Waals surface area (Å²) in [5.41, 5.74) is 3.33. The van der Waals surface area contributed by atoms with Crippen molar-refractivity contribution in [3.8, 4) is 0 Å². The number of carbonyl (C=O) groups is 2. The molecular formula is C34H45Cl2FN4O2. The van der Waals surface area contributed by atoms with Crippen LogP contribution in [0.25, 0.3) is 0 Å². The van der Waals surface area contributed by atoms with Gasteiger partial charge in [0.25, 0.3) is 0 Å². The number of urea groups is 1. The van der Waals surface area contributed by atoms with Crippen LogP contribution in [0.3, 0.4) is 0 Å². The van der Waals surface area contributed by atoms with Crippen molar-refractivity contribution < 1.29 is 14.0 Å². The molecule has 0 spiro atoms. The van der Waals surface area contributed by atoms with Gasteiger partial charge in [0.1, 0.15) is 11.9 Å². The van der Waals surface area contributed by atoms with E-state index in [1.54, 1.807) is 11.0 Å². The molecule has 9 heteroatoms. The van der Waals surface area contributed by atoms with E-state index in [9.17, 15) is 14.0 Å². The lowest BCUT2D eigenvalue weighted by Crippen LogP contribution is -2.54. The largest absolute Gasteiger partial charge is 0.341 e. The van der Waals surface area contributed by atoms with Gasteiger partial charge in [0.2, 0.25) is 5.91 Å². The molecular weight excluding hydrogens is 586 g/mol. The molecule has 5 rings (SSSR count). The Hall–Kier alpha value is -2.35. The van der Waals surface area contributed by atoms with Gasteiger partial charge >= 0.3 is 6.03 Å². The molecule has 0 saturated carbocycles. The Morgan fingerprint density at radius 3 is 2.26 bits per heavy atom. The second-order valence-electron chi connectivity index (χ2n) is 12.6. The van der Waals surface area contributed by atoms with E-state index in [0.29, 0.717) is 43.6 Å². The number of carbonyl (C=O) groups excluding carboxylic acids is 2. The highest BCUT2D eigenvalue weighted by Gasteiger charge is 2.33. The molecule has 0 aliphatic carbocycles. The van der Waals surface area contributed by atoms with E-state index in [-0.39, 0.29) is 23.4 Å². The summed E-state index contributed by atoms with van der Waals surface area (Å²) in [6.07, 6.45) is 8.62. The fourth-order valence-electron chi connectivity index (χ4n) is 7.03. The Balaban J connectivity index is 1.26. The average Bonchev–Trinajstić information content (AvgIpc) is 3.73. The Labute approximate surface area is 265 Å². The first-order chi connectivity index (χ1) is 20.8. The quantitative estimate of drug-likeness (QED) is 0.310. The van der Waals surface area contributed by atoms with Crippen molar-refractivity contribution >= 4 is 35.1 Å². The summed E-state index contributed by atoms with van der Waals surface area (Å²) in [5.74, 6) is 0.405. The molecule has 3 aliphatic rings. The van der Waals surface area contributed by atoms with Gasteiger partial charge in [-0.15, -0.1) is 0 Å². The van der Waals surface area contributed by atoms with Gasteiger partial charge in [-0.3, -0.25) is 4.79 Å². The molecule has 2 atom stereocenters. The number of halogens is 3. The summed E-state index contributed by atoms with van der Waals surface area (Å²) < 4.78 is 13.7. The van der Waals surface area contributed by atoms with Crippen molar-refractivity contribution in [3.05, 3.63) is 69.0 Å². The van der Waals surface area contributed by atoms with Gasteiger partial charge in [-0.05, 0) is 111 Å². The lowest BCUT2D eigenvalue weighted by atomic mass is 9.83. The smallest absolute Gasteiger partial charge is 0.318 e. The van der Waals surface area contributed by atoms with Gasteiger partial charge in [0.05, 0.1) is 0 Å². The summed E-state index contributed by atoms with van der Waals surface area (Å²) >= 11 is 12.8. The molecule has 2 aromatic rings. The number of benzene rings is 2. The van der Waals surface area contributed by atoms with E-state index in [1.165, 1.54) is 49.2 Å². The number of amides is 3. The van der Waals surface area contributed by atoms with Crippen molar-refractivity contribution in [1.29, 1.82) is 0 Å². The molecule has 2 aromatic carbocycles. The lowest BCUT2D eigenvalue weighted by Gasteiger charge is -2.36. The molecule has 234 valence electrons. The first-order valence-electron chi connectivity index (χ1n) is 16.1. The van der Waals surface area contributed by atoms with Crippen LogP contribution >= 0.6 is 23.2 Å². The highest BCUT2D eigenvalue weighted by molar-refractivity contribution is 6.31. The first kappa shape index (κ1) is 32.1. The Morgan fingerprint density at radius 1 is 0.884 bits per heavy atom. The zero-order chi connectivity index (χ0) is 30.3. The molecule has 1 N–H and O–H groups in total. The number of hydrogen-bond acceptors (Lipinski definition) is 3. The van der Waals surface area contributed by atoms with Crippen LogP contribution < -0.4 is 5.32 Å². The van der Waals surface area contributed by atoms with Crippen LogP contribution in [0.15, 0.2) is 36.4 Å². The summed E-state index contributed by atoms with van der Waals surface area (Å²) in [6, 6.07) is 9.54. The fraction of sp³-hybridized carbons (Fsp3) is 0.588. The Morgan fingerprint density at radius 2 is 1.58 bits per heavy atom. The monoisotopic (exact) mass is 630 g/mol. The summed E-state index contributed by atoms with van der Waals surface area (Å²) in [6.45, 7) is 8.45. The van der Waals surface area contributed by atoms with Crippen LogP contribution in [0.5, 0.6) is 0 Å². The number of piperidine rings is 1. The molecule has 0 aromatic heterocycles. The van der Waals surface area contributed by atoms with Gasteiger partial charge in [-0.1, -0.05) is 48.7 Å². The van der Waals surface area contributed by atoms with Crippen LogP contribution in [-0.2, 0) is 17.6 Å². The van der Waals surface area contributed by atoms with E-state index in [0.717, 1.165) is 50.1 Å². The van der Waals surface area contributed by atoms with Crippen LogP contribution in [0.1, 0.15) is 74.5 Å². The van der Waals surface area contributed by atoms with E-state index in [1.807, 2.05) is 11.0 Å². The molecule has 43 heavy (non-hydrogen) atoms. The maximum Gasteiger partial charge on any atom is 0.318 e. The van der Waals surface area contributed by atoms with E-state index in [4.69, 9.17) is 23.2 Å². The molecule has 6 nitrogen and oxygen atoms in total. The summed E-state index contributed by atoms with van der Waals surface area (Å²) in [7, 11) is 0. The minimum absolute atomic E-state index is 0.112. The molecule has 0 bridgehead atoms. The van der Waals surface area contributed by atoms with Gasteiger partial charge in [-0.25, -0.2) is 9.18 Å². The van der Waals surface area contributed by atoms with Crippen LogP contribution in [0, 0.1) is 11.7 Å². The van der Waals surface area contributed by atoms with Gasteiger partial charge in [0, 0.05) is 49.2 Å². The fourth-order valence-corrected chi connectivity index (χ4v) is 7.47. The van der Waals surface area contributed by atoms with Gasteiger partial charge in [-0.2, -0.15) is 0 Å². The van der Waals surface area contributed by atoms with E-state index >= 15 is 0 Å². The standard InChI is InChI=1S/C34H45Cl2FN4O2/c1-2-24(23-39-13-3-4-14-39)19-27-20-28(35)8-10-30(27)25-11-17-40(18-12-25)33(42)32(38-34(43)41-15-5-6-16-41)21-26-7-9-29(37)22-31(26)36/h7-10,20,22,24-25,32H,2-6,11-19,21,23H2,1H3,(H,38,43)/t24-,32-/m1/s1. The minimum atomic E-state index is -0.769. The number of hydrogen-bond donors (Lipinski definition) is 1. The van der Waals surface area contributed by atoms with Crippen molar-refractivity contribution in [2.75, 3.05) is 45.8 Å². The molecule has 3 aliphatic heterocycles. The van der Waals surface area contributed by atoms with Crippen LogP contribution in [-0.4, -0.2) is 78.5 Å². The van der Waals surface area contributed by atoms with Crippen molar-refractivity contribution in [2.24, 2.45) is 5.92 Å². The zero-order valence-electron chi connectivity index (χ0n) is 25.3. The maximum absolute atomic E-state index is 13.9. The number of likely N-dealkylation sites (tertiary alicyclic amines) is 3. The zero-order valence-corrected chi connectivity index (χ0v) is 26.8. The number of nitrogens with one attached hydrogen (secondary N) is 1. The molecule has 3 fully saturated rings. The highest BCUT2D eigenvalue weighted by atomic mass is 35.5. The highest BCUT2D eigenvalue weighted by Crippen LogP contribution is 2.34. The molecule has 3 heterocycles. The molecule has 3 saturated heterocycles. The SMILES string of the molecule is CC[C@H](Cc1cc(Cl)ccc1C1CCN(C(=O)[C@@H](Cc2ccc(F)cc2Cl)NC(=O)N2CCCC2)CC1)CN1CCCC1. The van der Waals surface area contributed by atoms with E-state index in [2.05, 4.69) is 29.3 Å². The van der Waals surface area contributed by atoms with Crippen molar-refractivity contribution in [1.82, 2.24) is 20.0 Å². The topological polar surface area (TPSA) is 55.9 Å². The third-order valence-electron chi connectivity index (χ3n) is 9.58. The molecule has 0 unspecified atom stereocenters. The Kier molecular flexibility index (Phi) is 11.2. The van der Waals surface area contributed by atoms with Gasteiger partial charge in [0.15, 0.2) is 0 Å². The van der Waals surface area contributed by atoms with Crippen LogP contribution in [0.2, 0.25) is 10.0 Å². The number of rotatable bonds is 10. The third kappa shape index (κ3) is 8.43. The summed E-state index contributed by atoms with van der Waals surface area (Å²) in [4.78, 5) is 33.2. The number of nitrogens with zero attached hydrogens (tertiary/aromatic N) is 3. The van der Waals surface area contributed by atoms with E-state index < -0.39 is 11.9 Å². The van der Waals surface area contributed by atoms with Crippen LogP contribution in [0.4, 0.5) is 9.18 Å². The summed E-state index contributed by atoms with van der Waals surface area (Å²) in [5, 5.41) is 4.02. The average molecular weight is 632 g/mol. The molecule has 3 amide bonds. The minimum Gasteiger partial charge on any atom is -0.341 e. The first-order valence-corrected chi connectivity index (χ1v) is 16.8.